The highest BCUT2D eigenvalue weighted by atomic mass is 35.5. The van der Waals surface area contributed by atoms with Crippen molar-refractivity contribution in [2.75, 3.05) is 17.3 Å². The number of anilines is 1. The number of fused-ring (bicyclic) bond motifs is 1. The average Bonchev–Trinajstić information content (AvgIpc) is 2.58. The van der Waals surface area contributed by atoms with Crippen LogP contribution in [0.5, 0.6) is 0 Å². The summed E-state index contributed by atoms with van der Waals surface area (Å²) in [6, 6.07) is 5.70. The molecule has 0 aromatic heterocycles. The molecule has 1 amide bonds. The molecule has 2 rings (SSSR count). The molecule has 0 saturated carbocycles. The number of carbonyl (C=O) groups is 1. The first-order chi connectivity index (χ1) is 7.15. The molecule has 3 nitrogen and oxygen atoms in total. The van der Waals surface area contributed by atoms with Crippen LogP contribution >= 0.6 is 11.6 Å². The molecule has 0 aliphatic carbocycles. The number of hydrogen-bond donors (Lipinski definition) is 1. The van der Waals surface area contributed by atoms with Crippen LogP contribution in [0.25, 0.3) is 0 Å². The standard InChI is InChI=1S/C11H12ClNO2/c1-7-3-2-4-9-10(7)8(5-12)6-13(9)11(14)15/h2-4,8H,5-6H2,1H3,(H,14,15). The van der Waals surface area contributed by atoms with E-state index < -0.39 is 6.09 Å². The van der Waals surface area contributed by atoms with Crippen molar-refractivity contribution < 1.29 is 9.90 Å². The van der Waals surface area contributed by atoms with Gasteiger partial charge in [-0.15, -0.1) is 11.6 Å². The molecule has 0 saturated heterocycles. The van der Waals surface area contributed by atoms with Crippen LogP contribution in [0.4, 0.5) is 10.5 Å². The summed E-state index contributed by atoms with van der Waals surface area (Å²) in [4.78, 5) is 12.4. The zero-order valence-electron chi connectivity index (χ0n) is 8.40. The highest BCUT2D eigenvalue weighted by Gasteiger charge is 2.32. The molecule has 15 heavy (non-hydrogen) atoms. The fourth-order valence-corrected chi connectivity index (χ4v) is 2.40. The van der Waals surface area contributed by atoms with E-state index in [4.69, 9.17) is 16.7 Å². The smallest absolute Gasteiger partial charge is 0.411 e. The first-order valence-corrected chi connectivity index (χ1v) is 5.34. The Hall–Kier alpha value is -1.22. The molecule has 0 bridgehead atoms. The zero-order valence-corrected chi connectivity index (χ0v) is 9.16. The van der Waals surface area contributed by atoms with Crippen molar-refractivity contribution in [1.82, 2.24) is 0 Å². The van der Waals surface area contributed by atoms with Gasteiger partial charge in [0, 0.05) is 18.3 Å². The normalized spacial score (nSPS) is 19.1. The first-order valence-electron chi connectivity index (χ1n) is 4.81. The fraction of sp³-hybridized carbons (Fsp3) is 0.364. The van der Waals surface area contributed by atoms with Crippen molar-refractivity contribution in [3.8, 4) is 0 Å². The Labute approximate surface area is 93.3 Å². The Morgan fingerprint density at radius 1 is 1.67 bits per heavy atom. The molecule has 1 heterocycles. The van der Waals surface area contributed by atoms with E-state index in [1.807, 2.05) is 25.1 Å². The summed E-state index contributed by atoms with van der Waals surface area (Å²) < 4.78 is 0. The SMILES string of the molecule is Cc1cccc2c1C(CCl)CN2C(=O)O. The summed E-state index contributed by atoms with van der Waals surface area (Å²) in [7, 11) is 0. The molecule has 0 fully saturated rings. The van der Waals surface area contributed by atoms with E-state index in [1.165, 1.54) is 4.90 Å². The van der Waals surface area contributed by atoms with Gasteiger partial charge in [0.15, 0.2) is 0 Å². The Balaban J connectivity index is 2.52. The van der Waals surface area contributed by atoms with Crippen molar-refractivity contribution in [2.45, 2.75) is 12.8 Å². The first kappa shape index (κ1) is 10.3. The maximum Gasteiger partial charge on any atom is 0.411 e. The monoisotopic (exact) mass is 225 g/mol. The molecule has 4 heteroatoms. The van der Waals surface area contributed by atoms with Gasteiger partial charge in [-0.25, -0.2) is 4.79 Å². The Bertz CT molecular complexity index is 406. The van der Waals surface area contributed by atoms with E-state index in [2.05, 4.69) is 0 Å². The van der Waals surface area contributed by atoms with E-state index in [-0.39, 0.29) is 5.92 Å². The van der Waals surface area contributed by atoms with Gasteiger partial charge in [0.25, 0.3) is 0 Å². The molecule has 0 spiro atoms. The van der Waals surface area contributed by atoms with Crippen LogP contribution in [0.15, 0.2) is 18.2 Å². The van der Waals surface area contributed by atoms with Gasteiger partial charge in [-0.3, -0.25) is 4.90 Å². The molecule has 1 N–H and O–H groups in total. The van der Waals surface area contributed by atoms with Gasteiger partial charge in [0.2, 0.25) is 0 Å². The Kier molecular flexibility index (Phi) is 2.57. The molecule has 1 aliphatic rings. The maximum atomic E-state index is 11.0. The van der Waals surface area contributed by atoms with Crippen molar-refractivity contribution >= 4 is 23.4 Å². The van der Waals surface area contributed by atoms with Gasteiger partial charge in [0.05, 0.1) is 5.69 Å². The third-order valence-corrected chi connectivity index (χ3v) is 3.19. The number of carboxylic acid groups (broad SMARTS) is 1. The molecule has 1 atom stereocenters. The van der Waals surface area contributed by atoms with Crippen molar-refractivity contribution in [3.05, 3.63) is 29.3 Å². The minimum absolute atomic E-state index is 0.124. The number of nitrogens with zero attached hydrogens (tertiary/aromatic N) is 1. The molecule has 1 aromatic carbocycles. The zero-order chi connectivity index (χ0) is 11.0. The van der Waals surface area contributed by atoms with E-state index >= 15 is 0 Å². The second kappa shape index (κ2) is 3.74. The number of alkyl halides is 1. The minimum atomic E-state index is -0.908. The van der Waals surface area contributed by atoms with E-state index in [0.29, 0.717) is 12.4 Å². The van der Waals surface area contributed by atoms with Crippen LogP contribution < -0.4 is 4.90 Å². The van der Waals surface area contributed by atoms with Crippen LogP contribution in [0.1, 0.15) is 17.0 Å². The van der Waals surface area contributed by atoms with Crippen LogP contribution in [0, 0.1) is 6.92 Å². The van der Waals surface area contributed by atoms with Crippen molar-refractivity contribution in [1.29, 1.82) is 0 Å². The number of amides is 1. The largest absolute Gasteiger partial charge is 0.465 e. The van der Waals surface area contributed by atoms with Crippen molar-refractivity contribution in [2.24, 2.45) is 0 Å². The molecule has 1 unspecified atom stereocenters. The molecule has 0 radical (unpaired) electrons. The predicted molar refractivity (Wildman–Crippen MR) is 60.0 cm³/mol. The third kappa shape index (κ3) is 1.57. The van der Waals surface area contributed by atoms with Gasteiger partial charge in [0.1, 0.15) is 0 Å². The fourth-order valence-electron chi connectivity index (χ4n) is 2.15. The summed E-state index contributed by atoms with van der Waals surface area (Å²) in [5, 5.41) is 9.05. The molecule has 1 aromatic rings. The second-order valence-corrected chi connectivity index (χ2v) is 4.06. The van der Waals surface area contributed by atoms with Gasteiger partial charge >= 0.3 is 6.09 Å². The number of rotatable bonds is 1. The quantitative estimate of drug-likeness (QED) is 0.747. The molecule has 80 valence electrons. The van der Waals surface area contributed by atoms with Gasteiger partial charge in [-0.05, 0) is 24.1 Å². The van der Waals surface area contributed by atoms with Gasteiger partial charge in [-0.2, -0.15) is 0 Å². The lowest BCUT2D eigenvalue weighted by atomic mass is 9.98. The minimum Gasteiger partial charge on any atom is -0.465 e. The summed E-state index contributed by atoms with van der Waals surface area (Å²) in [6.45, 7) is 2.46. The van der Waals surface area contributed by atoms with Gasteiger partial charge < -0.3 is 5.11 Å². The van der Waals surface area contributed by atoms with Crippen LogP contribution in [-0.4, -0.2) is 23.6 Å². The average molecular weight is 226 g/mol. The predicted octanol–water partition coefficient (Wildman–Crippen LogP) is 2.82. The van der Waals surface area contributed by atoms with E-state index in [1.54, 1.807) is 0 Å². The summed E-state index contributed by atoms with van der Waals surface area (Å²) in [5.41, 5.74) is 2.98. The number of aryl methyl sites for hydroxylation is 1. The summed E-state index contributed by atoms with van der Waals surface area (Å²) in [6.07, 6.45) is -0.908. The number of benzene rings is 1. The Morgan fingerprint density at radius 2 is 2.40 bits per heavy atom. The highest BCUT2D eigenvalue weighted by Crippen LogP contribution is 2.38. The van der Waals surface area contributed by atoms with Gasteiger partial charge in [-0.1, -0.05) is 12.1 Å². The van der Waals surface area contributed by atoms with Crippen LogP contribution in [0.2, 0.25) is 0 Å². The summed E-state index contributed by atoms with van der Waals surface area (Å²) in [5.74, 6) is 0.584. The lowest BCUT2D eigenvalue weighted by Crippen LogP contribution is -2.28. The van der Waals surface area contributed by atoms with Crippen LogP contribution in [0.3, 0.4) is 0 Å². The highest BCUT2D eigenvalue weighted by molar-refractivity contribution is 6.18. The second-order valence-electron chi connectivity index (χ2n) is 3.75. The Morgan fingerprint density at radius 3 is 3.00 bits per heavy atom. The lowest BCUT2D eigenvalue weighted by molar-refractivity contribution is 0.202. The third-order valence-electron chi connectivity index (χ3n) is 2.82. The van der Waals surface area contributed by atoms with E-state index in [0.717, 1.165) is 16.8 Å². The van der Waals surface area contributed by atoms with Crippen molar-refractivity contribution in [3.63, 3.8) is 0 Å². The number of hydrogen-bond acceptors (Lipinski definition) is 1. The molecular weight excluding hydrogens is 214 g/mol. The van der Waals surface area contributed by atoms with Crippen LogP contribution in [-0.2, 0) is 0 Å². The molecular formula is C11H12ClNO2. The maximum absolute atomic E-state index is 11.0. The summed E-state index contributed by atoms with van der Waals surface area (Å²) >= 11 is 5.86. The lowest BCUT2D eigenvalue weighted by Gasteiger charge is -2.12. The molecule has 1 aliphatic heterocycles. The number of halogens is 1. The van der Waals surface area contributed by atoms with E-state index in [9.17, 15) is 4.79 Å². The topological polar surface area (TPSA) is 40.5 Å².